The summed E-state index contributed by atoms with van der Waals surface area (Å²) in [4.78, 5) is 4.70. The number of hydrogen-bond donors (Lipinski definition) is 0. The smallest absolute Gasteiger partial charge is 0.0462 e. The summed E-state index contributed by atoms with van der Waals surface area (Å²) in [6, 6.07) is 95.8. The summed E-state index contributed by atoms with van der Waals surface area (Å²) in [6.45, 7) is 2.29. The summed E-state index contributed by atoms with van der Waals surface area (Å²) < 4.78 is 0. The molecule has 1 atom stereocenters. The van der Waals surface area contributed by atoms with Crippen molar-refractivity contribution in [2.45, 2.75) is 13.3 Å². The molecule has 1 aliphatic carbocycles. The molecule has 0 aromatic heterocycles. The van der Waals surface area contributed by atoms with Crippen LogP contribution in [0.25, 0.3) is 87.6 Å². The first-order valence-electron chi connectivity index (χ1n) is 25.5. The summed E-state index contributed by atoms with van der Waals surface area (Å²) in [7, 11) is 0. The average Bonchev–Trinajstić information content (AvgIpc) is 3.45. The van der Waals surface area contributed by atoms with Gasteiger partial charge in [0.2, 0.25) is 0 Å². The van der Waals surface area contributed by atoms with Gasteiger partial charge in [-0.15, -0.1) is 0 Å². The fraction of sp³-hybridized carbons (Fsp3) is 0.0423. The van der Waals surface area contributed by atoms with Crippen LogP contribution in [0.5, 0.6) is 0 Å². The lowest BCUT2D eigenvalue weighted by Gasteiger charge is -2.29. The lowest BCUT2D eigenvalue weighted by molar-refractivity contribution is 0.726. The fourth-order valence-corrected chi connectivity index (χ4v) is 11.1. The van der Waals surface area contributed by atoms with Crippen LogP contribution in [0.4, 0.5) is 28.4 Å². The second-order valence-corrected chi connectivity index (χ2v) is 19.4. The molecule has 0 amide bonds. The lowest BCUT2D eigenvalue weighted by atomic mass is 9.83. The quantitative estimate of drug-likeness (QED) is 0.126. The molecule has 0 N–H and O–H groups in total. The van der Waals surface area contributed by atoms with Gasteiger partial charge < -0.3 is 9.80 Å². The topological polar surface area (TPSA) is 6.48 Å². The van der Waals surface area contributed by atoms with Crippen LogP contribution in [-0.2, 0) is 0 Å². The molecule has 0 fully saturated rings. The maximum absolute atomic E-state index is 2.44. The van der Waals surface area contributed by atoms with Gasteiger partial charge in [0.1, 0.15) is 0 Å². The van der Waals surface area contributed by atoms with Crippen LogP contribution < -0.4 is 9.80 Å². The Morgan fingerprint density at radius 3 is 1.12 bits per heavy atom. The molecule has 1 unspecified atom stereocenters. The summed E-state index contributed by atoms with van der Waals surface area (Å²) in [5.74, 6) is 0.477. The highest BCUT2D eigenvalue weighted by molar-refractivity contribution is 6.23. The molecule has 0 radical (unpaired) electrons. The maximum Gasteiger partial charge on any atom is 0.0462 e. The number of anilines is 5. The number of nitrogens with zero attached hydrogens (tertiary/aromatic N) is 2. The zero-order chi connectivity index (χ0) is 48.7. The molecule has 0 aliphatic heterocycles. The van der Waals surface area contributed by atoms with Gasteiger partial charge in [-0.25, -0.2) is 0 Å². The molecule has 0 bridgehead atoms. The summed E-state index contributed by atoms with van der Waals surface area (Å²) in [5.41, 5.74) is 16.4. The lowest BCUT2D eigenvalue weighted by Crippen LogP contribution is -2.17. The van der Waals surface area contributed by atoms with Crippen molar-refractivity contribution < 1.29 is 0 Å². The zero-order valence-corrected chi connectivity index (χ0v) is 40.7. The van der Waals surface area contributed by atoms with Gasteiger partial charge in [0.25, 0.3) is 0 Å². The van der Waals surface area contributed by atoms with Gasteiger partial charge in [-0.1, -0.05) is 195 Å². The Hall–Kier alpha value is -9.24. The van der Waals surface area contributed by atoms with E-state index in [1.165, 1.54) is 93.3 Å². The van der Waals surface area contributed by atoms with Crippen molar-refractivity contribution in [3.05, 3.63) is 285 Å². The predicted octanol–water partition coefficient (Wildman–Crippen LogP) is 20.1. The van der Waals surface area contributed by atoms with Gasteiger partial charge in [0.05, 0.1) is 0 Å². The van der Waals surface area contributed by atoms with Crippen LogP contribution in [0.15, 0.2) is 285 Å². The Kier molecular flexibility index (Phi) is 11.3. The first-order valence-corrected chi connectivity index (χ1v) is 25.5. The molecule has 0 saturated carbocycles. The van der Waals surface area contributed by atoms with Crippen LogP contribution in [0, 0.1) is 5.92 Å². The first kappa shape index (κ1) is 43.8. The van der Waals surface area contributed by atoms with Gasteiger partial charge >= 0.3 is 0 Å². The van der Waals surface area contributed by atoms with Gasteiger partial charge in [-0.3, -0.25) is 0 Å². The monoisotopic (exact) mass is 932 g/mol. The minimum Gasteiger partial charge on any atom is -0.311 e. The highest BCUT2D eigenvalue weighted by Gasteiger charge is 2.21. The Labute approximate surface area is 427 Å². The standard InChI is InChI=1S/C71H52N2/c1-49-16-15-27-65(44-49)73(62-25-9-4-10-26-62)64-40-34-53(35-41-64)57-37-43-67-69(48-57)71(59-31-29-51-18-12-14-20-55(51)46-59)66-42-36-56(47-68(66)70(67)58-30-28-50-17-11-13-19-54(50)45-58)52-32-38-63(39-33-52)72(60-21-5-2-6-22-60)61-23-7-3-8-24-61/h2-15,17-49H,16H2,1H3. The van der Waals surface area contributed by atoms with E-state index >= 15 is 0 Å². The van der Waals surface area contributed by atoms with Crippen molar-refractivity contribution in [1.82, 2.24) is 0 Å². The summed E-state index contributed by atoms with van der Waals surface area (Å²) in [5, 5.41) is 9.81. The molecule has 73 heavy (non-hydrogen) atoms. The number of fused-ring (bicyclic) bond motifs is 4. The van der Waals surface area contributed by atoms with Crippen molar-refractivity contribution in [3.63, 3.8) is 0 Å². The minimum atomic E-state index is 0.477. The highest BCUT2D eigenvalue weighted by atomic mass is 15.1. The summed E-state index contributed by atoms with van der Waals surface area (Å²) >= 11 is 0. The average molecular weight is 933 g/mol. The first-order chi connectivity index (χ1) is 36.1. The van der Waals surface area contributed by atoms with Crippen molar-refractivity contribution in [1.29, 1.82) is 0 Å². The van der Waals surface area contributed by atoms with Gasteiger partial charge in [-0.05, 0) is 191 Å². The molecule has 0 saturated heterocycles. The van der Waals surface area contributed by atoms with Gasteiger partial charge in [0, 0.05) is 34.1 Å². The molecule has 346 valence electrons. The molecule has 2 heteroatoms. The van der Waals surface area contributed by atoms with Gasteiger partial charge in [0.15, 0.2) is 0 Å². The number of allylic oxidation sites excluding steroid dienone is 3. The Morgan fingerprint density at radius 2 is 0.671 bits per heavy atom. The van der Waals surface area contributed by atoms with Crippen LogP contribution >= 0.6 is 0 Å². The number of benzene rings is 12. The van der Waals surface area contributed by atoms with Crippen molar-refractivity contribution in [3.8, 4) is 44.5 Å². The second kappa shape index (κ2) is 18.8. The minimum absolute atomic E-state index is 0.477. The number of rotatable bonds is 10. The van der Waals surface area contributed by atoms with E-state index in [1.54, 1.807) is 0 Å². The van der Waals surface area contributed by atoms with Crippen molar-refractivity contribution in [2.24, 2.45) is 5.92 Å². The highest BCUT2D eigenvalue weighted by Crippen LogP contribution is 2.47. The maximum atomic E-state index is 2.44. The van der Waals surface area contributed by atoms with E-state index in [9.17, 15) is 0 Å². The molecule has 12 aromatic rings. The molecule has 0 heterocycles. The van der Waals surface area contributed by atoms with E-state index in [0.717, 1.165) is 34.9 Å². The number of hydrogen-bond acceptors (Lipinski definition) is 2. The van der Waals surface area contributed by atoms with E-state index in [2.05, 4.69) is 296 Å². The fourth-order valence-electron chi connectivity index (χ4n) is 11.1. The Balaban J connectivity index is 1.00. The normalized spacial score (nSPS) is 13.4. The SMILES string of the molecule is CC1C=C(N(c2ccccc2)c2ccc(-c3ccc4c(-c5ccc6ccccc6c5)c5cc(-c6ccc(N(c7ccccc7)c7ccccc7)cc6)ccc5c(-c5ccc6ccccc6c5)c4c3)cc2)C=CC1. The molecule has 13 rings (SSSR count). The third-order valence-electron chi connectivity index (χ3n) is 14.7. The van der Waals surface area contributed by atoms with E-state index in [-0.39, 0.29) is 0 Å². The molecule has 0 spiro atoms. The molecule has 1 aliphatic rings. The number of para-hydroxylation sites is 3. The molecular formula is C71H52N2. The van der Waals surface area contributed by atoms with Crippen molar-refractivity contribution >= 4 is 71.5 Å². The van der Waals surface area contributed by atoms with E-state index in [1.807, 2.05) is 0 Å². The summed E-state index contributed by atoms with van der Waals surface area (Å²) in [6.07, 6.45) is 8.01. The van der Waals surface area contributed by atoms with Crippen molar-refractivity contribution in [2.75, 3.05) is 9.80 Å². The third-order valence-corrected chi connectivity index (χ3v) is 14.7. The predicted molar refractivity (Wildman–Crippen MR) is 312 cm³/mol. The molecular weight excluding hydrogens is 881 g/mol. The molecule has 2 nitrogen and oxygen atoms in total. The van der Waals surface area contributed by atoms with E-state index < -0.39 is 0 Å². The second-order valence-electron chi connectivity index (χ2n) is 19.4. The Bertz CT molecular complexity index is 4000. The third kappa shape index (κ3) is 8.33. The Morgan fingerprint density at radius 1 is 0.301 bits per heavy atom. The van der Waals surface area contributed by atoms with Gasteiger partial charge in [-0.2, -0.15) is 0 Å². The zero-order valence-electron chi connectivity index (χ0n) is 40.7. The molecule has 12 aromatic carbocycles. The van der Waals surface area contributed by atoms with Crippen LogP contribution in [-0.4, -0.2) is 0 Å². The van der Waals surface area contributed by atoms with Crippen LogP contribution in [0.3, 0.4) is 0 Å². The van der Waals surface area contributed by atoms with Crippen LogP contribution in [0.1, 0.15) is 13.3 Å². The largest absolute Gasteiger partial charge is 0.311 e. The van der Waals surface area contributed by atoms with Crippen LogP contribution in [0.2, 0.25) is 0 Å². The van der Waals surface area contributed by atoms with E-state index in [4.69, 9.17) is 0 Å². The van der Waals surface area contributed by atoms with E-state index in [0.29, 0.717) is 5.92 Å².